The van der Waals surface area contributed by atoms with Crippen LogP contribution in [0.2, 0.25) is 0 Å². The quantitative estimate of drug-likeness (QED) is 0.904. The summed E-state index contributed by atoms with van der Waals surface area (Å²) in [6, 6.07) is 8.08. The van der Waals surface area contributed by atoms with Gasteiger partial charge in [0.15, 0.2) is 0 Å². The average molecular weight is 274 g/mol. The molecule has 0 radical (unpaired) electrons. The van der Waals surface area contributed by atoms with Gasteiger partial charge < -0.3 is 14.8 Å². The predicted octanol–water partition coefficient (Wildman–Crippen LogP) is 2.80. The third-order valence-corrected chi connectivity index (χ3v) is 2.39. The van der Waals surface area contributed by atoms with E-state index in [1.807, 2.05) is 45.0 Å². The zero-order valence-electron chi connectivity index (χ0n) is 12.0. The van der Waals surface area contributed by atoms with Gasteiger partial charge in [-0.05, 0) is 32.9 Å². The first-order valence-electron chi connectivity index (χ1n) is 6.42. The molecule has 1 heterocycles. The van der Waals surface area contributed by atoms with Crippen molar-refractivity contribution in [3.8, 4) is 17.8 Å². The fraction of sp³-hybridized carbons (Fsp3) is 0.357. The molecule has 0 aliphatic rings. The Hall–Kier alpha value is -2.37. The third kappa shape index (κ3) is 3.81. The molecule has 2 aromatic rings. The Bertz CT molecular complexity index is 570. The summed E-state index contributed by atoms with van der Waals surface area (Å²) >= 11 is 0. The summed E-state index contributed by atoms with van der Waals surface area (Å²) in [5, 5.41) is 2.85. The Morgan fingerprint density at radius 1 is 1.00 bits per heavy atom. The first-order chi connectivity index (χ1) is 9.56. The minimum atomic E-state index is -0.0191. The van der Waals surface area contributed by atoms with E-state index in [9.17, 15) is 0 Å². The van der Waals surface area contributed by atoms with Crippen LogP contribution in [0.1, 0.15) is 19.4 Å². The second kappa shape index (κ2) is 6.18. The second-order valence-electron chi connectivity index (χ2n) is 4.56. The zero-order chi connectivity index (χ0) is 14.5. The number of benzene rings is 1. The highest BCUT2D eigenvalue weighted by Gasteiger charge is 2.10. The van der Waals surface area contributed by atoms with Gasteiger partial charge in [0.1, 0.15) is 5.75 Å². The predicted molar refractivity (Wildman–Crippen MR) is 76.4 cm³/mol. The van der Waals surface area contributed by atoms with Crippen molar-refractivity contribution < 1.29 is 9.47 Å². The van der Waals surface area contributed by atoms with Gasteiger partial charge in [-0.2, -0.15) is 9.97 Å². The van der Waals surface area contributed by atoms with Crippen molar-refractivity contribution in [3.05, 3.63) is 29.8 Å². The molecular weight excluding hydrogens is 256 g/mol. The topological polar surface area (TPSA) is 69.2 Å². The number of aryl methyl sites for hydroxylation is 1. The van der Waals surface area contributed by atoms with Gasteiger partial charge in [-0.1, -0.05) is 17.7 Å². The zero-order valence-corrected chi connectivity index (χ0v) is 12.0. The number of hydrogen-bond acceptors (Lipinski definition) is 6. The van der Waals surface area contributed by atoms with Gasteiger partial charge in [0, 0.05) is 7.05 Å². The Balaban J connectivity index is 2.23. The lowest BCUT2D eigenvalue weighted by Crippen LogP contribution is -2.11. The molecule has 6 nitrogen and oxygen atoms in total. The largest absolute Gasteiger partial charge is 0.461 e. The molecule has 0 aliphatic heterocycles. The highest BCUT2D eigenvalue weighted by molar-refractivity contribution is 5.31. The van der Waals surface area contributed by atoms with Crippen LogP contribution in [0.3, 0.4) is 0 Å². The maximum Gasteiger partial charge on any atom is 0.330 e. The molecule has 1 aromatic heterocycles. The van der Waals surface area contributed by atoms with E-state index in [1.54, 1.807) is 7.05 Å². The molecule has 0 unspecified atom stereocenters. The molecule has 2 rings (SSSR count). The molecule has 0 atom stereocenters. The van der Waals surface area contributed by atoms with Crippen LogP contribution in [-0.4, -0.2) is 28.1 Å². The van der Waals surface area contributed by atoms with Crippen molar-refractivity contribution in [1.29, 1.82) is 0 Å². The minimum absolute atomic E-state index is 0.0191. The van der Waals surface area contributed by atoms with Crippen LogP contribution in [0.4, 0.5) is 5.95 Å². The lowest BCUT2D eigenvalue weighted by atomic mass is 10.2. The number of ether oxygens (including phenoxy) is 2. The molecule has 20 heavy (non-hydrogen) atoms. The van der Waals surface area contributed by atoms with Gasteiger partial charge in [-0.15, -0.1) is 4.98 Å². The summed E-state index contributed by atoms with van der Waals surface area (Å²) in [5.41, 5.74) is 1.16. The van der Waals surface area contributed by atoms with Gasteiger partial charge >= 0.3 is 12.0 Å². The minimum Gasteiger partial charge on any atom is -0.461 e. The van der Waals surface area contributed by atoms with Gasteiger partial charge in [0.05, 0.1) is 6.10 Å². The lowest BCUT2D eigenvalue weighted by Gasteiger charge is -2.10. The molecule has 0 bridgehead atoms. The number of rotatable bonds is 5. The van der Waals surface area contributed by atoms with E-state index in [1.165, 1.54) is 0 Å². The fourth-order valence-corrected chi connectivity index (χ4v) is 1.47. The third-order valence-electron chi connectivity index (χ3n) is 2.39. The van der Waals surface area contributed by atoms with Crippen molar-refractivity contribution in [2.45, 2.75) is 26.9 Å². The second-order valence-corrected chi connectivity index (χ2v) is 4.56. The van der Waals surface area contributed by atoms with Gasteiger partial charge in [0.25, 0.3) is 0 Å². The molecule has 1 N–H and O–H groups in total. The monoisotopic (exact) mass is 274 g/mol. The number of nitrogens with zero attached hydrogens (tertiary/aromatic N) is 3. The Morgan fingerprint density at radius 2 is 1.65 bits per heavy atom. The number of nitrogens with one attached hydrogen (secondary N) is 1. The van der Waals surface area contributed by atoms with E-state index >= 15 is 0 Å². The van der Waals surface area contributed by atoms with E-state index < -0.39 is 0 Å². The Morgan fingerprint density at radius 3 is 2.25 bits per heavy atom. The summed E-state index contributed by atoms with van der Waals surface area (Å²) in [6.45, 7) is 5.83. The van der Waals surface area contributed by atoms with Gasteiger partial charge in [-0.3, -0.25) is 0 Å². The van der Waals surface area contributed by atoms with Crippen LogP contribution < -0.4 is 14.8 Å². The summed E-state index contributed by atoms with van der Waals surface area (Å²) in [4.78, 5) is 12.4. The first kappa shape index (κ1) is 14.0. The maximum atomic E-state index is 5.62. The normalized spacial score (nSPS) is 10.4. The molecule has 0 aliphatic carbocycles. The Kier molecular flexibility index (Phi) is 4.34. The van der Waals surface area contributed by atoms with Crippen LogP contribution in [-0.2, 0) is 0 Å². The number of anilines is 1. The van der Waals surface area contributed by atoms with Crippen LogP contribution >= 0.6 is 0 Å². The van der Waals surface area contributed by atoms with Crippen molar-refractivity contribution in [2.75, 3.05) is 12.4 Å². The highest BCUT2D eigenvalue weighted by Crippen LogP contribution is 2.21. The number of hydrogen-bond donors (Lipinski definition) is 1. The summed E-state index contributed by atoms with van der Waals surface area (Å²) in [5.74, 6) is 1.07. The van der Waals surface area contributed by atoms with E-state index in [-0.39, 0.29) is 18.1 Å². The molecule has 0 saturated carbocycles. The molecule has 1 aromatic carbocycles. The van der Waals surface area contributed by atoms with Gasteiger partial charge in [0.2, 0.25) is 5.95 Å². The lowest BCUT2D eigenvalue weighted by molar-refractivity contribution is 0.218. The molecule has 0 spiro atoms. The van der Waals surface area contributed by atoms with Crippen LogP contribution in [0.5, 0.6) is 17.8 Å². The van der Waals surface area contributed by atoms with E-state index in [2.05, 4.69) is 20.3 Å². The van der Waals surface area contributed by atoms with Crippen molar-refractivity contribution in [1.82, 2.24) is 15.0 Å². The van der Waals surface area contributed by atoms with Crippen LogP contribution in [0, 0.1) is 6.92 Å². The summed E-state index contributed by atoms with van der Waals surface area (Å²) in [6.07, 6.45) is -0.0191. The van der Waals surface area contributed by atoms with Crippen molar-refractivity contribution in [2.24, 2.45) is 0 Å². The summed E-state index contributed by atoms with van der Waals surface area (Å²) in [7, 11) is 1.73. The molecule has 0 fully saturated rings. The fourth-order valence-electron chi connectivity index (χ4n) is 1.47. The smallest absolute Gasteiger partial charge is 0.330 e. The van der Waals surface area contributed by atoms with Crippen LogP contribution in [0.15, 0.2) is 24.3 Å². The average Bonchev–Trinajstić information content (AvgIpc) is 2.40. The molecule has 106 valence electrons. The molecular formula is C14H18N4O2. The standard InChI is InChI=1S/C14H18N4O2/c1-9(2)19-13-16-12(15-4)17-14(18-13)20-11-7-5-10(3)6-8-11/h5-9H,1-4H3,(H,15,16,17,18). The Labute approximate surface area is 118 Å². The first-order valence-corrected chi connectivity index (χ1v) is 6.42. The summed E-state index contributed by atoms with van der Waals surface area (Å²) < 4.78 is 11.1. The van der Waals surface area contributed by atoms with E-state index in [0.29, 0.717) is 11.7 Å². The molecule has 0 amide bonds. The highest BCUT2D eigenvalue weighted by atomic mass is 16.5. The number of aromatic nitrogens is 3. The van der Waals surface area contributed by atoms with E-state index in [4.69, 9.17) is 9.47 Å². The van der Waals surface area contributed by atoms with Gasteiger partial charge in [-0.25, -0.2) is 0 Å². The van der Waals surface area contributed by atoms with E-state index in [0.717, 1.165) is 5.56 Å². The van der Waals surface area contributed by atoms with Crippen molar-refractivity contribution >= 4 is 5.95 Å². The molecule has 0 saturated heterocycles. The maximum absolute atomic E-state index is 5.62. The SMILES string of the molecule is CNc1nc(Oc2ccc(C)cc2)nc(OC(C)C)n1. The van der Waals surface area contributed by atoms with Crippen molar-refractivity contribution in [3.63, 3.8) is 0 Å². The van der Waals surface area contributed by atoms with Crippen LogP contribution in [0.25, 0.3) is 0 Å². The molecule has 6 heteroatoms.